The zero-order valence-corrected chi connectivity index (χ0v) is 23.0. The van der Waals surface area contributed by atoms with Crippen molar-refractivity contribution < 1.29 is 33.0 Å². The van der Waals surface area contributed by atoms with Crippen LogP contribution in [0.5, 0.6) is 5.75 Å². The van der Waals surface area contributed by atoms with Crippen LogP contribution in [0.1, 0.15) is 28.2 Å². The Morgan fingerprint density at radius 3 is 2.23 bits per heavy atom. The molecule has 0 atom stereocenters. The van der Waals surface area contributed by atoms with Crippen LogP contribution in [-0.4, -0.2) is 43.2 Å². The topological polar surface area (TPSA) is 134 Å². The Balaban J connectivity index is 1.79. The molecule has 44 heavy (non-hydrogen) atoms. The SMILES string of the molecule is O=C(O)CCNC(=O)c1nc(-c2ccc(C(F)(F)F)nc2)c2c(cc(-c3ccccc3)c(=O)n2CCc2ccccc2)c1O. The first kappa shape index (κ1) is 30.0. The lowest BCUT2D eigenvalue weighted by Gasteiger charge is -2.19. The molecule has 5 rings (SSSR count). The minimum atomic E-state index is -4.71. The van der Waals surface area contributed by atoms with Gasteiger partial charge in [-0.1, -0.05) is 60.7 Å². The number of carbonyl (C=O) groups is 2. The number of carboxylic acids is 1. The average Bonchev–Trinajstić information content (AvgIpc) is 3.01. The highest BCUT2D eigenvalue weighted by Crippen LogP contribution is 2.37. The van der Waals surface area contributed by atoms with E-state index in [2.05, 4.69) is 15.3 Å². The summed E-state index contributed by atoms with van der Waals surface area (Å²) in [5.74, 6) is -2.65. The number of amides is 1. The maximum Gasteiger partial charge on any atom is 0.433 e. The number of fused-ring (bicyclic) bond motifs is 1. The summed E-state index contributed by atoms with van der Waals surface area (Å²) in [4.78, 5) is 46.0. The van der Waals surface area contributed by atoms with Crippen molar-refractivity contribution in [3.8, 4) is 28.1 Å². The molecule has 0 aliphatic rings. The second-order valence-corrected chi connectivity index (χ2v) is 9.87. The van der Waals surface area contributed by atoms with E-state index in [9.17, 15) is 32.7 Å². The third-order valence-electron chi connectivity index (χ3n) is 6.94. The Bertz CT molecular complexity index is 1890. The van der Waals surface area contributed by atoms with Gasteiger partial charge in [0.2, 0.25) is 0 Å². The van der Waals surface area contributed by atoms with Gasteiger partial charge in [-0.2, -0.15) is 13.2 Å². The van der Waals surface area contributed by atoms with E-state index < -0.39 is 47.2 Å². The number of aromatic nitrogens is 3. The summed E-state index contributed by atoms with van der Waals surface area (Å²) in [7, 11) is 0. The van der Waals surface area contributed by atoms with Crippen LogP contribution in [0.3, 0.4) is 0 Å². The molecule has 0 saturated carbocycles. The fourth-order valence-corrected chi connectivity index (χ4v) is 4.80. The molecule has 3 N–H and O–H groups in total. The highest BCUT2D eigenvalue weighted by molar-refractivity contribution is 6.06. The highest BCUT2D eigenvalue weighted by atomic mass is 19.4. The molecule has 12 heteroatoms. The van der Waals surface area contributed by atoms with E-state index >= 15 is 0 Å². The van der Waals surface area contributed by atoms with Gasteiger partial charge in [-0.05, 0) is 35.7 Å². The first-order valence-corrected chi connectivity index (χ1v) is 13.5. The first-order chi connectivity index (χ1) is 21.0. The minimum Gasteiger partial charge on any atom is -0.505 e. The van der Waals surface area contributed by atoms with Gasteiger partial charge in [-0.25, -0.2) is 4.98 Å². The van der Waals surface area contributed by atoms with E-state index in [-0.39, 0.29) is 40.8 Å². The Labute approximate surface area is 248 Å². The fourth-order valence-electron chi connectivity index (χ4n) is 4.80. The fraction of sp³-hybridized carbons (Fsp3) is 0.156. The van der Waals surface area contributed by atoms with Gasteiger partial charge in [0.1, 0.15) is 5.69 Å². The van der Waals surface area contributed by atoms with Crippen LogP contribution >= 0.6 is 0 Å². The molecule has 3 aromatic heterocycles. The third kappa shape index (κ3) is 6.28. The summed E-state index contributed by atoms with van der Waals surface area (Å²) < 4.78 is 41.3. The van der Waals surface area contributed by atoms with Gasteiger partial charge in [0.05, 0.1) is 17.6 Å². The zero-order valence-electron chi connectivity index (χ0n) is 23.0. The number of nitrogens with zero attached hydrogens (tertiary/aromatic N) is 3. The van der Waals surface area contributed by atoms with Crippen molar-refractivity contribution in [3.63, 3.8) is 0 Å². The van der Waals surface area contributed by atoms with Crippen molar-refractivity contribution in [2.75, 3.05) is 6.54 Å². The predicted molar refractivity (Wildman–Crippen MR) is 156 cm³/mol. The first-order valence-electron chi connectivity index (χ1n) is 13.5. The molecule has 2 aromatic carbocycles. The van der Waals surface area contributed by atoms with Crippen molar-refractivity contribution in [1.29, 1.82) is 0 Å². The van der Waals surface area contributed by atoms with Crippen molar-refractivity contribution in [1.82, 2.24) is 19.9 Å². The molecule has 3 heterocycles. The number of pyridine rings is 3. The molecule has 9 nitrogen and oxygen atoms in total. The van der Waals surface area contributed by atoms with Crippen LogP contribution < -0.4 is 10.9 Å². The van der Waals surface area contributed by atoms with Crippen LogP contribution in [0.4, 0.5) is 13.2 Å². The maximum absolute atomic E-state index is 14.1. The lowest BCUT2D eigenvalue weighted by atomic mass is 10.0. The Morgan fingerprint density at radius 1 is 0.932 bits per heavy atom. The van der Waals surface area contributed by atoms with Crippen LogP contribution in [0.2, 0.25) is 0 Å². The number of aryl methyl sites for hydroxylation is 2. The van der Waals surface area contributed by atoms with Crippen LogP contribution in [0, 0.1) is 0 Å². The number of hydrogen-bond donors (Lipinski definition) is 3. The summed E-state index contributed by atoms with van der Waals surface area (Å²) in [6, 6.07) is 21.3. The molecule has 0 spiro atoms. The van der Waals surface area contributed by atoms with Crippen molar-refractivity contribution in [2.45, 2.75) is 25.6 Å². The Hall–Kier alpha value is -5.52. The lowest BCUT2D eigenvalue weighted by Crippen LogP contribution is -2.28. The van der Waals surface area contributed by atoms with E-state index in [1.807, 2.05) is 30.3 Å². The van der Waals surface area contributed by atoms with Crippen molar-refractivity contribution in [2.24, 2.45) is 0 Å². The number of carboxylic acid groups (broad SMARTS) is 1. The van der Waals surface area contributed by atoms with Gasteiger partial charge >= 0.3 is 12.1 Å². The number of rotatable bonds is 9. The average molecular weight is 603 g/mol. The van der Waals surface area contributed by atoms with E-state index in [0.29, 0.717) is 12.0 Å². The number of benzene rings is 2. The second-order valence-electron chi connectivity index (χ2n) is 9.87. The van der Waals surface area contributed by atoms with E-state index in [1.165, 1.54) is 10.6 Å². The maximum atomic E-state index is 14.1. The molecule has 0 saturated heterocycles. The molecule has 0 fully saturated rings. The monoisotopic (exact) mass is 602 g/mol. The largest absolute Gasteiger partial charge is 0.505 e. The van der Waals surface area contributed by atoms with Crippen molar-refractivity contribution >= 4 is 22.8 Å². The molecule has 224 valence electrons. The number of hydrogen-bond acceptors (Lipinski definition) is 6. The summed E-state index contributed by atoms with van der Waals surface area (Å²) in [5, 5.41) is 22.8. The number of nitrogens with one attached hydrogen (secondary N) is 1. The molecule has 0 bridgehead atoms. The van der Waals surface area contributed by atoms with Gasteiger partial charge < -0.3 is 20.1 Å². The van der Waals surface area contributed by atoms with E-state index in [4.69, 9.17) is 5.11 Å². The molecule has 0 aliphatic carbocycles. The quantitative estimate of drug-likeness (QED) is 0.209. The number of alkyl halides is 3. The Morgan fingerprint density at radius 2 is 1.61 bits per heavy atom. The molecule has 0 aliphatic heterocycles. The number of aliphatic carboxylic acids is 1. The number of aromatic hydroxyl groups is 1. The Kier molecular flexibility index (Phi) is 8.43. The van der Waals surface area contributed by atoms with E-state index in [0.717, 1.165) is 23.9 Å². The molecular formula is C32H25F3N4O5. The molecule has 1 amide bonds. The van der Waals surface area contributed by atoms with Crippen LogP contribution in [-0.2, 0) is 23.9 Å². The van der Waals surface area contributed by atoms with Gasteiger partial charge in [-0.3, -0.25) is 19.4 Å². The summed E-state index contributed by atoms with van der Waals surface area (Å²) in [6.45, 7) is -0.164. The summed E-state index contributed by atoms with van der Waals surface area (Å²) in [5.41, 5.74) is -0.353. The van der Waals surface area contributed by atoms with E-state index in [1.54, 1.807) is 30.3 Å². The van der Waals surface area contributed by atoms with Crippen molar-refractivity contribution in [3.05, 3.63) is 112 Å². The van der Waals surface area contributed by atoms with Crippen LogP contribution in [0.15, 0.2) is 89.9 Å². The highest BCUT2D eigenvalue weighted by Gasteiger charge is 2.32. The predicted octanol–water partition coefficient (Wildman–Crippen LogP) is 5.30. The molecule has 0 unspecified atom stereocenters. The normalized spacial score (nSPS) is 11.4. The lowest BCUT2D eigenvalue weighted by molar-refractivity contribution is -0.141. The van der Waals surface area contributed by atoms with Gasteiger partial charge in [0.25, 0.3) is 11.5 Å². The summed E-state index contributed by atoms with van der Waals surface area (Å²) >= 11 is 0. The van der Waals surface area contributed by atoms with Gasteiger partial charge in [0, 0.05) is 35.8 Å². The van der Waals surface area contributed by atoms with Gasteiger partial charge in [0.15, 0.2) is 11.4 Å². The summed E-state index contributed by atoms with van der Waals surface area (Å²) in [6.07, 6.45) is -3.78. The molecule has 5 aromatic rings. The smallest absolute Gasteiger partial charge is 0.433 e. The molecular weight excluding hydrogens is 577 g/mol. The number of halogens is 3. The molecule has 0 radical (unpaired) electrons. The second kappa shape index (κ2) is 12.4. The van der Waals surface area contributed by atoms with Crippen LogP contribution in [0.25, 0.3) is 33.3 Å². The minimum absolute atomic E-state index is 0.0461. The third-order valence-corrected chi connectivity index (χ3v) is 6.94. The zero-order chi connectivity index (χ0) is 31.4. The van der Waals surface area contributed by atoms with Gasteiger partial charge in [-0.15, -0.1) is 0 Å². The standard InChI is InChI=1S/C32H25F3N4O5/c33-32(34,35)24-12-11-21(18-37-24)26-28-23(29(42)27(38-26)30(43)36-15-13-25(40)41)17-22(20-9-5-2-6-10-20)31(44)39(28)16-14-19-7-3-1-4-8-19/h1-12,17-18,42H,13-16H2,(H,36,43)(H,40,41). The number of carbonyl (C=O) groups excluding carboxylic acids is 1.